The highest BCUT2D eigenvalue weighted by Crippen LogP contribution is 2.48. The van der Waals surface area contributed by atoms with Gasteiger partial charge in [-0.3, -0.25) is 38.1 Å². The third-order valence-electron chi connectivity index (χ3n) is 26.2. The molecule has 0 bridgehead atoms. The van der Waals surface area contributed by atoms with Gasteiger partial charge >= 0.3 is 0 Å². The van der Waals surface area contributed by atoms with Crippen molar-refractivity contribution in [1.29, 1.82) is 0 Å². The highest BCUT2D eigenvalue weighted by molar-refractivity contribution is 6.37. The van der Waals surface area contributed by atoms with Crippen LogP contribution in [0.1, 0.15) is 56.3 Å². The summed E-state index contributed by atoms with van der Waals surface area (Å²) in [5, 5.41) is 5.55. The van der Waals surface area contributed by atoms with Gasteiger partial charge in [0.2, 0.25) is 23.6 Å². The van der Waals surface area contributed by atoms with Crippen LogP contribution in [0.25, 0.3) is 100 Å². The van der Waals surface area contributed by atoms with Gasteiger partial charge < -0.3 is 70.9 Å². The van der Waals surface area contributed by atoms with Gasteiger partial charge in [0.25, 0.3) is 0 Å². The number of likely N-dealkylation sites (tertiary alicyclic amines) is 2. The summed E-state index contributed by atoms with van der Waals surface area (Å²) in [6.07, 6.45) is 26.5. The van der Waals surface area contributed by atoms with Crippen LogP contribution in [0.4, 0.5) is 34.6 Å². The SMILES string of the molecule is CN(C(=O)/C=C/CN(C)C1CC1)c1ccc(-n2c(Cl)c(-c3ccc(Cl)cc3)c3c(N)ncnc32)cc1.CN(C(=O)/C=C/CN(C)C1CC1)c1cccc(-n2c(Cl)c(-c3ccc(Cl)cc3)c3c(N)ncnc32)c1.CN(C)C/C=C/C(=O)N1CC[C@@H](n2c(Cl)c(-c3ccc(Oc4ccccc4)cc3)c3c(N)ncnc32)C1.Cc1c(-c2ccc(Oc3ccccc3)cc2)c2c(N)ncnc2n1[C@@H]1CCN(C(=O)/C=C/CN(C)C)C1. The number of likely N-dealkylation sites (N-methyl/N-ethyl adjacent to an activating group) is 6. The summed E-state index contributed by atoms with van der Waals surface area (Å²) in [5.41, 5.74) is 38.8. The largest absolute Gasteiger partial charge is 0.457 e. The highest BCUT2D eigenvalue weighted by Gasteiger charge is 2.36. The Morgan fingerprint density at radius 1 is 0.363 bits per heavy atom. The Kier molecular flexibility index (Phi) is 32.4. The second kappa shape index (κ2) is 46.1. The molecule has 8 aromatic carbocycles. The van der Waals surface area contributed by atoms with Gasteiger partial charge in [0.05, 0.1) is 39.3 Å². The maximum Gasteiger partial charge on any atom is 0.250 e. The molecule has 0 radical (unpaired) electrons. The number of para-hydroxylation sites is 2. The molecule has 4 amide bonds. The van der Waals surface area contributed by atoms with Crippen LogP contribution in [-0.2, 0) is 19.2 Å². The number of nitrogens with zero attached hydrogens (tertiary/aromatic N) is 20. The molecule has 16 aromatic rings. The molecule has 2 atom stereocenters. The summed E-state index contributed by atoms with van der Waals surface area (Å²) in [6, 6.07) is 66.3. The maximum absolute atomic E-state index is 12.8. The van der Waals surface area contributed by atoms with E-state index >= 15 is 0 Å². The molecule has 2 saturated heterocycles. The molecule has 20 rings (SSSR count). The lowest BCUT2D eigenvalue weighted by molar-refractivity contribution is -0.125. The second-order valence-electron chi connectivity index (χ2n) is 36.9. The average Bonchev–Trinajstić information content (AvgIpc) is 1.60. The van der Waals surface area contributed by atoms with Gasteiger partial charge in [0.15, 0.2) is 11.3 Å². The summed E-state index contributed by atoms with van der Waals surface area (Å²) in [7, 11) is 15.6. The van der Waals surface area contributed by atoms with E-state index in [-0.39, 0.29) is 35.7 Å². The molecule has 0 spiro atoms. The summed E-state index contributed by atoms with van der Waals surface area (Å²) in [5.74, 6) is 4.36. The lowest BCUT2D eigenvalue weighted by Gasteiger charge is -2.18. The van der Waals surface area contributed by atoms with Crippen LogP contribution in [0.2, 0.25) is 25.5 Å². The second-order valence-corrected chi connectivity index (χ2v) is 38.8. The molecule has 4 aliphatic rings. The zero-order valence-electron chi connectivity index (χ0n) is 82.4. The van der Waals surface area contributed by atoms with Gasteiger partial charge in [0, 0.05) is 158 Å². The fraction of sp³-hybridized carbons (Fsp3) is 0.243. The number of rotatable bonds is 28. The van der Waals surface area contributed by atoms with Crippen LogP contribution < -0.4 is 42.2 Å². The number of carbonyl (C=O) groups is 4. The van der Waals surface area contributed by atoms with E-state index in [1.54, 1.807) is 72.5 Å². The van der Waals surface area contributed by atoms with Gasteiger partial charge in [-0.05, 0) is 225 Å². The van der Waals surface area contributed by atoms with Gasteiger partial charge in [-0.1, -0.05) is 173 Å². The van der Waals surface area contributed by atoms with E-state index in [1.807, 2.05) is 268 Å². The van der Waals surface area contributed by atoms with E-state index in [0.29, 0.717) is 132 Å². The molecule has 30 nitrogen and oxygen atoms in total. The normalized spacial score (nSPS) is 14.8. The summed E-state index contributed by atoms with van der Waals surface area (Å²) in [6.45, 7) is 7.58. The van der Waals surface area contributed by atoms with E-state index in [0.717, 1.165) is 134 Å². The Labute approximate surface area is 872 Å². The van der Waals surface area contributed by atoms with Crippen molar-refractivity contribution >= 4 is 160 Å². The quantitative estimate of drug-likeness (QED) is 0.0331. The number of halogens is 5. The van der Waals surface area contributed by atoms with Crippen LogP contribution in [0, 0.1) is 6.92 Å². The summed E-state index contributed by atoms with van der Waals surface area (Å²) >= 11 is 33.1. The van der Waals surface area contributed by atoms with Crippen molar-refractivity contribution in [3.63, 3.8) is 0 Å². The van der Waals surface area contributed by atoms with E-state index in [9.17, 15) is 19.2 Å². The first-order valence-corrected chi connectivity index (χ1v) is 49.8. The standard InChI is InChI=1S/C29H32N6O2.C28H29ClN6O2.2C27H26Cl2N6O/c1-20-26(21-11-13-24(14-12-21)37-23-8-5-4-6-9-23)27-28(30)31-19-32-29(27)35(20)22-15-17-34(18-22)25(36)10-7-16-33(2)3;1-33(2)15-6-9-23(36)34-16-14-20(17-34)35-26(29)24(25-27(30)31-18-32-28(25)35)19-10-12-22(13-11-19)37-21-7-4-3-5-8-21;1-33(19-12-13-19)14-4-7-22(36)34(2)20-5-3-6-21(15-20)35-25(29)23(17-8-10-18(28)11-9-17)24-26(30)31-16-32-27(24)35;1-33(19-9-10-19)15-3-4-22(36)34(2)20-11-13-21(14-12-20)35-25(29)23(17-5-7-18(28)8-6-17)24-26(30)31-16-32-27(24)35/h4-14,19,22H,15-18H2,1-3H3,(H2,30,31,32);3-13,18,20H,14-17H2,1-2H3,(H2,30,31,32);3-11,15-16,19H,12-14H2,1-2H3,(H2,30,31,32);3-8,11-14,16,19H,9-10,15H2,1-2H3,(H2,30,31,32)/b10-7+;9-6+;7-4+;4-3+/t22-;20-;;/m11../s1. The monoisotopic (exact) mass is 2050 g/mol. The Hall–Kier alpha value is -14.8. The van der Waals surface area contributed by atoms with Crippen molar-refractivity contribution in [3.8, 4) is 78.9 Å². The molecule has 8 aromatic heterocycles. The Morgan fingerprint density at radius 2 is 0.719 bits per heavy atom. The molecular formula is C111H113Cl5N24O6. The number of hydrogen-bond donors (Lipinski definition) is 4. The number of anilines is 6. The molecular weight excluding hydrogens is 1940 g/mol. The zero-order valence-corrected chi connectivity index (χ0v) is 86.1. The van der Waals surface area contributed by atoms with Gasteiger partial charge in [-0.15, -0.1) is 0 Å². The van der Waals surface area contributed by atoms with E-state index in [4.69, 9.17) is 90.4 Å². The first-order chi connectivity index (χ1) is 70.5. The molecule has 2 aliphatic carbocycles. The number of nitrogen functional groups attached to an aromatic ring is 4. The molecule has 35 heteroatoms. The third-order valence-corrected chi connectivity index (χ3v) is 27.8. The number of fused-ring (bicyclic) bond motifs is 4. The maximum atomic E-state index is 12.8. The number of nitrogens with two attached hydrogens (primary N) is 4. The minimum atomic E-state index is -0.103. The average molecular weight is 2060 g/mol. The number of ether oxygens (including phenoxy) is 2. The zero-order chi connectivity index (χ0) is 103. The fourth-order valence-electron chi connectivity index (χ4n) is 18.2. The first-order valence-electron chi connectivity index (χ1n) is 47.9. The molecule has 146 heavy (non-hydrogen) atoms. The summed E-state index contributed by atoms with van der Waals surface area (Å²) < 4.78 is 19.8. The summed E-state index contributed by atoms with van der Waals surface area (Å²) in [4.78, 5) is 102. The van der Waals surface area contributed by atoms with Gasteiger partial charge in [-0.25, -0.2) is 39.9 Å². The van der Waals surface area contributed by atoms with Crippen molar-refractivity contribution in [2.45, 2.75) is 69.6 Å². The Bertz CT molecular complexity index is 7320. The highest BCUT2D eigenvalue weighted by atomic mass is 35.5. The molecule has 0 unspecified atom stereocenters. The van der Waals surface area contributed by atoms with E-state index in [1.165, 1.54) is 51.0 Å². The Morgan fingerprint density at radius 3 is 1.14 bits per heavy atom. The van der Waals surface area contributed by atoms with Crippen LogP contribution >= 0.6 is 58.0 Å². The minimum Gasteiger partial charge on any atom is -0.457 e. The molecule has 8 N–H and O–H groups in total. The van der Waals surface area contributed by atoms with Crippen LogP contribution in [0.3, 0.4) is 0 Å². The lowest BCUT2D eigenvalue weighted by Crippen LogP contribution is -2.27. The fourth-order valence-corrected chi connectivity index (χ4v) is 19.7. The number of amides is 4. The lowest BCUT2D eigenvalue weighted by atomic mass is 10.0. The molecule has 2 saturated carbocycles. The predicted octanol–water partition coefficient (Wildman–Crippen LogP) is 20.9. The third kappa shape index (κ3) is 23.4. The van der Waals surface area contributed by atoms with E-state index in [2.05, 4.69) is 75.3 Å². The molecule has 2 aliphatic heterocycles. The van der Waals surface area contributed by atoms with E-state index < -0.39 is 0 Å². The van der Waals surface area contributed by atoms with Crippen molar-refractivity contribution < 1.29 is 28.7 Å². The minimum absolute atomic E-state index is 0.000280. The first kappa shape index (κ1) is 103. The smallest absolute Gasteiger partial charge is 0.250 e. The van der Waals surface area contributed by atoms with Crippen molar-refractivity contribution in [1.82, 2.24) is 87.5 Å². The van der Waals surface area contributed by atoms with Crippen LogP contribution in [0.15, 0.2) is 280 Å². The van der Waals surface area contributed by atoms with Crippen molar-refractivity contribution in [2.75, 3.05) is 141 Å². The van der Waals surface area contributed by atoms with Gasteiger partial charge in [-0.2, -0.15) is 0 Å². The topological polar surface area (TPSA) is 340 Å². The molecule has 4 fully saturated rings. The number of hydrogen-bond acceptors (Lipinski definition) is 22. The molecule has 10 heterocycles. The van der Waals surface area contributed by atoms with Gasteiger partial charge in [0.1, 0.15) is 98.3 Å². The Balaban J connectivity index is 0.000000133. The van der Waals surface area contributed by atoms with Crippen molar-refractivity contribution in [2.24, 2.45) is 0 Å². The van der Waals surface area contributed by atoms with Crippen molar-refractivity contribution in [3.05, 3.63) is 311 Å². The predicted molar refractivity (Wildman–Crippen MR) is 587 cm³/mol. The number of carbonyl (C=O) groups excluding carboxylic acids is 4. The van der Waals surface area contributed by atoms with Crippen LogP contribution in [-0.4, -0.2) is 232 Å². The number of benzene rings is 8. The molecule has 748 valence electrons. The number of aromatic nitrogens is 12. The van der Waals surface area contributed by atoms with Crippen LogP contribution in [0.5, 0.6) is 23.0 Å².